The zero-order valence-corrected chi connectivity index (χ0v) is 43.4. The third-order valence-electron chi connectivity index (χ3n) is 12.4. The summed E-state index contributed by atoms with van der Waals surface area (Å²) in [5, 5.41) is 0. The molecule has 0 fully saturated rings. The Morgan fingerprint density at radius 1 is 0.290 bits per heavy atom. The van der Waals surface area contributed by atoms with Gasteiger partial charge < -0.3 is 17.7 Å². The predicted molar refractivity (Wildman–Crippen MR) is 278 cm³/mol. The maximum atomic E-state index is 6.41. The molecule has 0 atom stereocenters. The van der Waals surface area contributed by atoms with Crippen LogP contribution in [0.4, 0.5) is 0 Å². The minimum absolute atomic E-state index is 0.665. The van der Waals surface area contributed by atoms with Crippen LogP contribution in [-0.2, 0) is 17.7 Å². The molecule has 0 spiro atoms. The van der Waals surface area contributed by atoms with E-state index >= 15 is 0 Å². The Morgan fingerprint density at radius 3 is 0.726 bits per heavy atom. The van der Waals surface area contributed by atoms with Crippen LogP contribution in [0.5, 0.6) is 0 Å². The van der Waals surface area contributed by atoms with Gasteiger partial charge in [-0.25, -0.2) is 0 Å². The second-order valence-electron chi connectivity index (χ2n) is 18.5. The standard InChI is InChI=1S/C57H110O4Si/c1-5-8-11-14-17-20-23-26-29-32-33-36-39-42-45-48-51-54-57-61-62(58-4,59-55-52-49-46-43-40-37-34-30-27-24-21-18-15-12-9-6-2)60-56-53-50-47-44-41-38-35-31-28-25-22-19-16-13-10-7-3/h5,27-28,30-33H,1,6-26,29,34-57H2,2-4H3/b30-27-,31-28-,33-32-. The molecule has 0 amide bonds. The van der Waals surface area contributed by atoms with Crippen molar-refractivity contribution in [3.05, 3.63) is 49.1 Å². The first-order valence-electron chi connectivity index (χ1n) is 27.8. The van der Waals surface area contributed by atoms with E-state index in [1.807, 2.05) is 6.08 Å². The van der Waals surface area contributed by atoms with Crippen LogP contribution in [-0.4, -0.2) is 36.0 Å². The quantitative estimate of drug-likeness (QED) is 0.0346. The molecule has 0 radical (unpaired) electrons. The monoisotopic (exact) mass is 887 g/mol. The first kappa shape index (κ1) is 61.0. The summed E-state index contributed by atoms with van der Waals surface area (Å²) in [6, 6.07) is 0. The zero-order valence-electron chi connectivity index (χ0n) is 42.4. The van der Waals surface area contributed by atoms with Gasteiger partial charge in [-0.3, -0.25) is 0 Å². The molecule has 0 N–H and O–H groups in total. The minimum Gasteiger partial charge on any atom is -0.355 e. The Labute approximate surface area is 391 Å². The molecule has 0 aromatic rings. The number of rotatable bonds is 54. The highest BCUT2D eigenvalue weighted by Crippen LogP contribution is 2.18. The SMILES string of the molecule is C=CCCCCCCCC/C=C\CCCCCCCCO[Si](OC)(OCCCCCCCC/C=C\CCCCCCCC)OCCCCCCCC/C=C\CCCCCCCC. The first-order chi connectivity index (χ1) is 30.7. The van der Waals surface area contributed by atoms with Crippen molar-refractivity contribution in [3.8, 4) is 0 Å². The summed E-state index contributed by atoms with van der Waals surface area (Å²) < 4.78 is 25.2. The molecule has 0 saturated carbocycles. The molecule has 4 nitrogen and oxygen atoms in total. The molecular formula is C57H110O4Si. The number of allylic oxidation sites excluding steroid dienone is 7. The second-order valence-corrected chi connectivity index (χ2v) is 20.8. The molecule has 0 bridgehead atoms. The second kappa shape index (κ2) is 54.4. The average Bonchev–Trinajstić information content (AvgIpc) is 3.29. The highest BCUT2D eigenvalue weighted by Gasteiger charge is 2.44. The fraction of sp³-hybridized carbons (Fsp3) is 0.860. The van der Waals surface area contributed by atoms with Gasteiger partial charge >= 0.3 is 9.05 Å². The smallest absolute Gasteiger partial charge is 0.355 e. The lowest BCUT2D eigenvalue weighted by Crippen LogP contribution is -2.49. The van der Waals surface area contributed by atoms with Crippen LogP contribution in [0.1, 0.15) is 290 Å². The first-order valence-corrected chi connectivity index (χ1v) is 29.4. The lowest BCUT2D eigenvalue weighted by molar-refractivity contribution is -0.0246. The van der Waals surface area contributed by atoms with Gasteiger partial charge in [0.25, 0.3) is 0 Å². The van der Waals surface area contributed by atoms with Gasteiger partial charge in [-0.1, -0.05) is 223 Å². The third-order valence-corrected chi connectivity index (χ3v) is 14.5. The molecule has 0 aromatic heterocycles. The highest BCUT2D eigenvalue weighted by atomic mass is 28.4. The summed E-state index contributed by atoms with van der Waals surface area (Å²) >= 11 is 0. The number of unbranched alkanes of at least 4 members (excludes halogenated alkanes) is 37. The molecule has 0 aromatic carbocycles. The summed E-state index contributed by atoms with van der Waals surface area (Å²) in [5.41, 5.74) is 0. The predicted octanol–water partition coefficient (Wildman–Crippen LogP) is 19.8. The van der Waals surface area contributed by atoms with Crippen LogP contribution in [0.25, 0.3) is 0 Å². The topological polar surface area (TPSA) is 36.9 Å². The van der Waals surface area contributed by atoms with Crippen molar-refractivity contribution in [2.24, 2.45) is 0 Å². The van der Waals surface area contributed by atoms with E-state index in [1.165, 1.54) is 257 Å². The molecule has 0 aliphatic carbocycles. The molecule has 0 aliphatic heterocycles. The van der Waals surface area contributed by atoms with E-state index in [2.05, 4.69) is 56.9 Å². The Kier molecular flexibility index (Phi) is 53.5. The van der Waals surface area contributed by atoms with Crippen LogP contribution >= 0.6 is 0 Å². The van der Waals surface area contributed by atoms with Crippen molar-refractivity contribution in [2.45, 2.75) is 290 Å². The summed E-state index contributed by atoms with van der Waals surface area (Å²) in [4.78, 5) is 0. The Hall–Kier alpha value is -0.983. The maximum absolute atomic E-state index is 6.41. The van der Waals surface area contributed by atoms with E-state index in [9.17, 15) is 0 Å². The normalized spacial score (nSPS) is 12.3. The molecule has 62 heavy (non-hydrogen) atoms. The molecule has 0 unspecified atom stereocenters. The summed E-state index contributed by atoms with van der Waals surface area (Å²) in [6.07, 6.45) is 72.5. The van der Waals surface area contributed by atoms with E-state index in [0.717, 1.165) is 19.3 Å². The molecule has 366 valence electrons. The van der Waals surface area contributed by atoms with Crippen molar-refractivity contribution in [1.82, 2.24) is 0 Å². The van der Waals surface area contributed by atoms with Crippen LogP contribution in [0.15, 0.2) is 49.1 Å². The molecule has 0 aliphatic rings. The van der Waals surface area contributed by atoms with Crippen molar-refractivity contribution < 1.29 is 17.7 Å². The van der Waals surface area contributed by atoms with Crippen LogP contribution in [0.3, 0.4) is 0 Å². The molecular weight excluding hydrogens is 777 g/mol. The molecule has 0 saturated heterocycles. The fourth-order valence-corrected chi connectivity index (χ4v) is 9.94. The van der Waals surface area contributed by atoms with Gasteiger partial charge in [0.2, 0.25) is 0 Å². The van der Waals surface area contributed by atoms with Crippen molar-refractivity contribution in [3.63, 3.8) is 0 Å². The Morgan fingerprint density at radius 2 is 0.500 bits per heavy atom. The molecule has 5 heteroatoms. The van der Waals surface area contributed by atoms with E-state index in [1.54, 1.807) is 7.11 Å². The third kappa shape index (κ3) is 48.5. The minimum atomic E-state index is -3.13. The maximum Gasteiger partial charge on any atom is 0.679 e. The zero-order chi connectivity index (χ0) is 44.8. The number of hydrogen-bond donors (Lipinski definition) is 0. The van der Waals surface area contributed by atoms with Gasteiger partial charge in [-0.05, 0) is 109 Å². The van der Waals surface area contributed by atoms with E-state index < -0.39 is 9.05 Å². The summed E-state index contributed by atoms with van der Waals surface area (Å²) in [7, 11) is -1.39. The van der Waals surface area contributed by atoms with Crippen molar-refractivity contribution >= 4 is 9.05 Å². The lowest BCUT2D eigenvalue weighted by Gasteiger charge is -2.27. The van der Waals surface area contributed by atoms with Gasteiger partial charge in [0, 0.05) is 26.9 Å². The van der Waals surface area contributed by atoms with E-state index in [-0.39, 0.29) is 0 Å². The van der Waals surface area contributed by atoms with Crippen LogP contribution in [0, 0.1) is 0 Å². The van der Waals surface area contributed by atoms with Crippen LogP contribution in [0.2, 0.25) is 0 Å². The Balaban J connectivity index is 4.29. The average molecular weight is 888 g/mol. The van der Waals surface area contributed by atoms with Crippen LogP contribution < -0.4 is 0 Å². The largest absolute Gasteiger partial charge is 0.679 e. The lowest BCUT2D eigenvalue weighted by atomic mass is 10.1. The molecule has 0 heterocycles. The van der Waals surface area contributed by atoms with E-state index in [0.29, 0.717) is 19.8 Å². The summed E-state index contributed by atoms with van der Waals surface area (Å²) in [6.45, 7) is 10.4. The van der Waals surface area contributed by atoms with Gasteiger partial charge in [0.1, 0.15) is 0 Å². The van der Waals surface area contributed by atoms with Crippen molar-refractivity contribution in [2.75, 3.05) is 26.9 Å². The van der Waals surface area contributed by atoms with Gasteiger partial charge in [0.15, 0.2) is 0 Å². The number of hydrogen-bond acceptors (Lipinski definition) is 4. The van der Waals surface area contributed by atoms with Gasteiger partial charge in [-0.2, -0.15) is 0 Å². The highest BCUT2D eigenvalue weighted by molar-refractivity contribution is 6.53. The van der Waals surface area contributed by atoms with Gasteiger partial charge in [0.05, 0.1) is 0 Å². The fourth-order valence-electron chi connectivity index (χ4n) is 8.16. The van der Waals surface area contributed by atoms with E-state index in [4.69, 9.17) is 17.7 Å². The molecule has 0 rings (SSSR count). The van der Waals surface area contributed by atoms with Crippen molar-refractivity contribution in [1.29, 1.82) is 0 Å². The Bertz CT molecular complexity index is 888. The summed E-state index contributed by atoms with van der Waals surface area (Å²) in [5.74, 6) is 0. The van der Waals surface area contributed by atoms with Gasteiger partial charge in [-0.15, -0.1) is 6.58 Å².